The summed E-state index contributed by atoms with van der Waals surface area (Å²) in [5, 5.41) is 3.78. The third kappa shape index (κ3) is 3.62. The van der Waals surface area contributed by atoms with E-state index in [1.807, 2.05) is 6.92 Å². The number of H-pyrrole nitrogens is 1. The summed E-state index contributed by atoms with van der Waals surface area (Å²) in [5.74, 6) is 1.53. The number of piperidine rings is 1. The molecule has 0 aliphatic carbocycles. The first-order valence-electron chi connectivity index (χ1n) is 9.18. The molecule has 7 heteroatoms. The zero-order valence-corrected chi connectivity index (χ0v) is 16.2. The van der Waals surface area contributed by atoms with E-state index in [9.17, 15) is 4.79 Å². The molecule has 1 N–H and O–H groups in total. The van der Waals surface area contributed by atoms with Crippen molar-refractivity contribution >= 4 is 17.5 Å². The number of aryl methyl sites for hydroxylation is 1. The van der Waals surface area contributed by atoms with Gasteiger partial charge in [-0.2, -0.15) is 0 Å². The van der Waals surface area contributed by atoms with Gasteiger partial charge >= 0.3 is 0 Å². The molecule has 6 nitrogen and oxygen atoms in total. The van der Waals surface area contributed by atoms with Crippen LogP contribution in [-0.4, -0.2) is 32.8 Å². The van der Waals surface area contributed by atoms with Crippen molar-refractivity contribution in [2.24, 2.45) is 5.92 Å². The van der Waals surface area contributed by atoms with Gasteiger partial charge in [0.2, 0.25) is 5.95 Å². The molecule has 2 aromatic heterocycles. The van der Waals surface area contributed by atoms with Gasteiger partial charge < -0.3 is 4.90 Å². The van der Waals surface area contributed by atoms with Crippen molar-refractivity contribution in [3.8, 4) is 16.9 Å². The van der Waals surface area contributed by atoms with E-state index in [4.69, 9.17) is 11.6 Å². The Hall–Kier alpha value is -2.60. The Bertz CT molecular complexity index is 1000. The van der Waals surface area contributed by atoms with Gasteiger partial charge in [-0.1, -0.05) is 18.5 Å². The highest BCUT2D eigenvalue weighted by Gasteiger charge is 2.19. The monoisotopic (exact) mass is 383 g/mol. The van der Waals surface area contributed by atoms with Gasteiger partial charge in [-0.3, -0.25) is 9.89 Å². The zero-order valence-electron chi connectivity index (χ0n) is 15.4. The zero-order chi connectivity index (χ0) is 19.0. The molecule has 27 heavy (non-hydrogen) atoms. The van der Waals surface area contributed by atoms with E-state index in [0.29, 0.717) is 10.7 Å². The van der Waals surface area contributed by atoms with Crippen molar-refractivity contribution in [2.75, 3.05) is 18.0 Å². The van der Waals surface area contributed by atoms with E-state index in [2.05, 4.69) is 26.9 Å². The maximum Gasteiger partial charge on any atom is 0.271 e. The first-order chi connectivity index (χ1) is 13.0. The molecule has 0 atom stereocenters. The van der Waals surface area contributed by atoms with Crippen LogP contribution in [0.1, 0.15) is 25.5 Å². The summed E-state index contributed by atoms with van der Waals surface area (Å²) in [7, 11) is 0. The van der Waals surface area contributed by atoms with Crippen LogP contribution in [-0.2, 0) is 0 Å². The lowest BCUT2D eigenvalue weighted by Crippen LogP contribution is -2.34. The molecule has 1 fully saturated rings. The predicted molar refractivity (Wildman–Crippen MR) is 108 cm³/mol. The third-order valence-electron chi connectivity index (χ3n) is 5.13. The van der Waals surface area contributed by atoms with Gasteiger partial charge in [-0.05, 0) is 49.9 Å². The number of nitrogens with one attached hydrogen (secondary N) is 1. The molecule has 3 aromatic rings. The molecule has 0 saturated carbocycles. The lowest BCUT2D eigenvalue weighted by atomic mass is 10.00. The van der Waals surface area contributed by atoms with Gasteiger partial charge in [0.1, 0.15) is 0 Å². The van der Waals surface area contributed by atoms with Gasteiger partial charge in [0.25, 0.3) is 5.56 Å². The van der Waals surface area contributed by atoms with Crippen molar-refractivity contribution in [3.05, 3.63) is 57.6 Å². The van der Waals surface area contributed by atoms with Crippen molar-refractivity contribution in [1.29, 1.82) is 0 Å². The molecule has 1 aliphatic rings. The average molecular weight is 384 g/mol. The highest BCUT2D eigenvalue weighted by atomic mass is 35.5. The minimum atomic E-state index is -0.138. The van der Waals surface area contributed by atoms with Crippen LogP contribution in [0.4, 0.5) is 5.95 Å². The molecule has 1 aromatic carbocycles. The summed E-state index contributed by atoms with van der Waals surface area (Å²) < 4.78 is 1.49. The van der Waals surface area contributed by atoms with Crippen LogP contribution in [0.5, 0.6) is 0 Å². The Morgan fingerprint density at radius 1 is 1.19 bits per heavy atom. The van der Waals surface area contributed by atoms with Crippen molar-refractivity contribution in [3.63, 3.8) is 0 Å². The maximum atomic E-state index is 12.4. The first kappa shape index (κ1) is 17.8. The van der Waals surface area contributed by atoms with Crippen molar-refractivity contribution < 1.29 is 0 Å². The van der Waals surface area contributed by atoms with Crippen LogP contribution in [0.15, 0.2) is 41.3 Å². The molecule has 0 spiro atoms. The average Bonchev–Trinajstić information content (AvgIpc) is 3.04. The molecule has 140 valence electrons. The van der Waals surface area contributed by atoms with Crippen LogP contribution in [0, 0.1) is 12.8 Å². The molecular weight excluding hydrogens is 362 g/mol. The highest BCUT2D eigenvalue weighted by molar-refractivity contribution is 6.30. The second-order valence-electron chi connectivity index (χ2n) is 7.16. The molecular formula is C20H22ClN5O. The summed E-state index contributed by atoms with van der Waals surface area (Å²) in [4.78, 5) is 23.9. The van der Waals surface area contributed by atoms with Crippen LogP contribution in [0.3, 0.4) is 0 Å². The molecule has 0 radical (unpaired) electrons. The van der Waals surface area contributed by atoms with Gasteiger partial charge in [0.15, 0.2) is 0 Å². The third-order valence-corrected chi connectivity index (χ3v) is 5.38. The topological polar surface area (TPSA) is 66.8 Å². The standard InChI is InChI=1S/C20H22ClN5O/c1-13-7-9-25(10-8-13)20-22-12-17(14(2)23-20)18-11-19(27)26(24-18)16-5-3-15(21)4-6-16/h3-6,11-13,24H,7-10H2,1-2H3. The normalized spacial score (nSPS) is 15.3. The Labute approximate surface area is 162 Å². The molecule has 1 aliphatic heterocycles. The fraction of sp³-hybridized carbons (Fsp3) is 0.350. The van der Waals surface area contributed by atoms with E-state index in [-0.39, 0.29) is 5.56 Å². The number of aromatic nitrogens is 4. The number of benzene rings is 1. The number of halogens is 1. The summed E-state index contributed by atoms with van der Waals surface area (Å²) in [6.45, 7) is 6.22. The quantitative estimate of drug-likeness (QED) is 0.746. The van der Waals surface area contributed by atoms with Crippen LogP contribution in [0.25, 0.3) is 16.9 Å². The van der Waals surface area contributed by atoms with E-state index >= 15 is 0 Å². The SMILES string of the molecule is Cc1nc(N2CCC(C)CC2)ncc1-c1cc(=O)n(-c2ccc(Cl)cc2)[nH]1. The first-order valence-corrected chi connectivity index (χ1v) is 9.56. The smallest absolute Gasteiger partial charge is 0.271 e. The number of rotatable bonds is 3. The number of aromatic amines is 1. The lowest BCUT2D eigenvalue weighted by molar-refractivity contribution is 0.434. The summed E-state index contributed by atoms with van der Waals surface area (Å²) in [6.07, 6.45) is 4.13. The Balaban J connectivity index is 1.63. The summed E-state index contributed by atoms with van der Waals surface area (Å²) in [5.41, 5.74) is 2.97. The van der Waals surface area contributed by atoms with Crippen LogP contribution < -0.4 is 10.5 Å². The van der Waals surface area contributed by atoms with E-state index in [0.717, 1.165) is 41.9 Å². The fourth-order valence-electron chi connectivity index (χ4n) is 3.40. The molecule has 1 saturated heterocycles. The molecule has 3 heterocycles. The van der Waals surface area contributed by atoms with Gasteiger partial charge in [-0.15, -0.1) is 0 Å². The second-order valence-corrected chi connectivity index (χ2v) is 7.59. The molecule has 4 rings (SSSR count). The predicted octanol–water partition coefficient (Wildman–Crippen LogP) is 3.82. The van der Waals surface area contributed by atoms with E-state index < -0.39 is 0 Å². The largest absolute Gasteiger partial charge is 0.341 e. The fourth-order valence-corrected chi connectivity index (χ4v) is 3.52. The number of nitrogens with zero attached hydrogens (tertiary/aromatic N) is 4. The lowest BCUT2D eigenvalue weighted by Gasteiger charge is -2.30. The van der Waals surface area contributed by atoms with Gasteiger partial charge in [0, 0.05) is 35.9 Å². The minimum absolute atomic E-state index is 0.138. The number of hydrogen-bond donors (Lipinski definition) is 1. The molecule has 0 amide bonds. The Morgan fingerprint density at radius 2 is 1.89 bits per heavy atom. The number of anilines is 1. The van der Waals surface area contributed by atoms with Gasteiger partial charge in [0.05, 0.1) is 17.1 Å². The van der Waals surface area contributed by atoms with Gasteiger partial charge in [-0.25, -0.2) is 14.6 Å². The Morgan fingerprint density at radius 3 is 2.56 bits per heavy atom. The summed E-state index contributed by atoms with van der Waals surface area (Å²) >= 11 is 5.93. The Kier molecular flexibility index (Phi) is 4.74. The van der Waals surface area contributed by atoms with Crippen LogP contribution >= 0.6 is 11.6 Å². The molecule has 0 unspecified atom stereocenters. The van der Waals surface area contributed by atoms with Crippen molar-refractivity contribution in [2.45, 2.75) is 26.7 Å². The molecule has 0 bridgehead atoms. The van der Waals surface area contributed by atoms with Crippen LogP contribution in [0.2, 0.25) is 5.02 Å². The second kappa shape index (κ2) is 7.19. The van der Waals surface area contributed by atoms with E-state index in [1.165, 1.54) is 17.5 Å². The number of hydrogen-bond acceptors (Lipinski definition) is 4. The maximum absolute atomic E-state index is 12.4. The van der Waals surface area contributed by atoms with E-state index in [1.54, 1.807) is 36.5 Å². The summed E-state index contributed by atoms with van der Waals surface area (Å²) in [6, 6.07) is 8.68. The minimum Gasteiger partial charge on any atom is -0.341 e. The van der Waals surface area contributed by atoms with Crippen molar-refractivity contribution in [1.82, 2.24) is 19.7 Å². The highest BCUT2D eigenvalue weighted by Crippen LogP contribution is 2.24.